The second kappa shape index (κ2) is 14.5. The van der Waals surface area contributed by atoms with Crippen molar-refractivity contribution in [2.24, 2.45) is 5.41 Å². The second-order valence-corrected chi connectivity index (χ2v) is 16.1. The maximum Gasteiger partial charge on any atom is 0.488 e. The van der Waals surface area contributed by atoms with E-state index in [0.29, 0.717) is 0 Å². The van der Waals surface area contributed by atoms with Crippen LogP contribution in [0.5, 0.6) is 0 Å². The molecule has 1 fully saturated rings. The second-order valence-electron chi connectivity index (χ2n) is 11.0. The van der Waals surface area contributed by atoms with Crippen molar-refractivity contribution in [1.82, 2.24) is 9.55 Å². The van der Waals surface area contributed by atoms with Gasteiger partial charge in [-0.3, -0.25) is 23.4 Å². The number of H-pyrrole nitrogens is 1. The molecule has 1 aromatic rings. The van der Waals surface area contributed by atoms with E-state index in [0.717, 1.165) is 40.8 Å². The van der Waals surface area contributed by atoms with Crippen LogP contribution in [0.2, 0.25) is 0 Å². The summed E-state index contributed by atoms with van der Waals surface area (Å²) in [6.07, 6.45) is -1.37. The highest BCUT2D eigenvalue weighted by atomic mass is 31.3. The van der Waals surface area contributed by atoms with Crippen LogP contribution in [0.1, 0.15) is 60.1 Å². The van der Waals surface area contributed by atoms with Crippen LogP contribution in [0, 0.1) is 5.41 Å². The molecule has 0 amide bonds. The van der Waals surface area contributed by atoms with Gasteiger partial charge in [0.2, 0.25) is 0 Å². The van der Waals surface area contributed by atoms with Crippen LogP contribution in [-0.4, -0.2) is 65.5 Å². The number of aliphatic hydroxyl groups is 2. The van der Waals surface area contributed by atoms with Crippen LogP contribution in [0.15, 0.2) is 45.2 Å². The average molecular weight is 660 g/mol. The Morgan fingerprint density at radius 3 is 2.24 bits per heavy atom. The number of allylic oxidation sites excluding steroid dienone is 3. The van der Waals surface area contributed by atoms with Gasteiger partial charge < -0.3 is 29.6 Å². The molecule has 1 aliphatic rings. The lowest BCUT2D eigenvalue weighted by Crippen LogP contribution is -2.37. The number of aliphatic hydroxyl groups excluding tert-OH is 2. The van der Waals surface area contributed by atoms with E-state index in [2.05, 4.69) is 33.9 Å². The SMILES string of the molecule is CC(=C\CCC(C)(C)C)/C(C)=C/COP(=O)(O)OP(=O)(O)OP(=O)(O)CCC1OC(n2ccc(=O)[nH]c2=O)C(O)C1O. The van der Waals surface area contributed by atoms with Crippen molar-refractivity contribution >= 4 is 23.2 Å². The predicted molar refractivity (Wildman–Crippen MR) is 151 cm³/mol. The minimum atomic E-state index is -5.62. The molecule has 16 nitrogen and oxygen atoms in total. The Bertz CT molecular complexity index is 1410. The Balaban J connectivity index is 1.92. The molecular weight excluding hydrogens is 621 g/mol. The summed E-state index contributed by atoms with van der Waals surface area (Å²) >= 11 is 0. The van der Waals surface area contributed by atoms with Crippen molar-refractivity contribution in [3.63, 3.8) is 0 Å². The van der Waals surface area contributed by atoms with Crippen molar-refractivity contribution in [2.45, 2.75) is 78.4 Å². The smallest absolute Gasteiger partial charge is 0.388 e. The van der Waals surface area contributed by atoms with E-state index >= 15 is 0 Å². The molecule has 7 unspecified atom stereocenters. The number of phosphoric acid groups is 2. The van der Waals surface area contributed by atoms with Gasteiger partial charge in [0.25, 0.3) is 5.56 Å². The zero-order valence-corrected chi connectivity index (χ0v) is 26.5. The molecule has 42 heavy (non-hydrogen) atoms. The molecule has 1 aromatic heterocycles. The van der Waals surface area contributed by atoms with Crippen LogP contribution in [0.25, 0.3) is 0 Å². The minimum Gasteiger partial charge on any atom is -0.388 e. The number of rotatable bonds is 14. The fourth-order valence-electron chi connectivity index (χ4n) is 3.79. The first-order chi connectivity index (χ1) is 19.1. The van der Waals surface area contributed by atoms with Crippen molar-refractivity contribution in [3.8, 4) is 0 Å². The van der Waals surface area contributed by atoms with Gasteiger partial charge in [0.1, 0.15) is 12.2 Å². The molecule has 6 N–H and O–H groups in total. The molecule has 1 saturated heterocycles. The molecule has 19 heteroatoms. The van der Waals surface area contributed by atoms with E-state index in [9.17, 15) is 48.2 Å². The molecule has 2 heterocycles. The number of ether oxygens (including phenoxy) is 1. The Labute approximate surface area is 242 Å². The van der Waals surface area contributed by atoms with Gasteiger partial charge in [0.05, 0.1) is 18.9 Å². The number of nitrogens with zero attached hydrogens (tertiary/aromatic N) is 1. The first kappa shape index (κ1) is 36.7. The van der Waals surface area contributed by atoms with Gasteiger partial charge in [-0.25, -0.2) is 18.2 Å². The molecule has 0 aliphatic carbocycles. The molecule has 0 bridgehead atoms. The number of aromatic nitrogens is 2. The molecule has 0 spiro atoms. The Morgan fingerprint density at radius 1 is 1.02 bits per heavy atom. The molecule has 2 rings (SSSR count). The fraction of sp³-hybridized carbons (Fsp3) is 0.652. The number of hydrogen-bond acceptors (Lipinski definition) is 11. The molecule has 0 saturated carbocycles. The van der Waals surface area contributed by atoms with Gasteiger partial charge in [-0.1, -0.05) is 44.1 Å². The highest BCUT2D eigenvalue weighted by Gasteiger charge is 2.46. The van der Waals surface area contributed by atoms with Crippen molar-refractivity contribution in [3.05, 3.63) is 56.4 Å². The Morgan fingerprint density at radius 2 is 1.64 bits per heavy atom. The Hall–Kier alpha value is -1.51. The summed E-state index contributed by atoms with van der Waals surface area (Å²) in [4.78, 5) is 54.9. The quantitative estimate of drug-likeness (QED) is 0.124. The van der Waals surface area contributed by atoms with Crippen LogP contribution >= 0.6 is 23.2 Å². The number of hydrogen-bond donors (Lipinski definition) is 6. The summed E-state index contributed by atoms with van der Waals surface area (Å²) in [5, 5.41) is 20.5. The van der Waals surface area contributed by atoms with Gasteiger partial charge in [-0.05, 0) is 38.5 Å². The van der Waals surface area contributed by atoms with Gasteiger partial charge in [-0.2, -0.15) is 4.31 Å². The largest absolute Gasteiger partial charge is 0.488 e. The zero-order valence-electron chi connectivity index (χ0n) is 23.9. The van der Waals surface area contributed by atoms with Crippen molar-refractivity contribution in [1.29, 1.82) is 0 Å². The zero-order chi connectivity index (χ0) is 32.1. The first-order valence-electron chi connectivity index (χ1n) is 12.8. The van der Waals surface area contributed by atoms with E-state index in [4.69, 9.17) is 4.74 Å². The van der Waals surface area contributed by atoms with Crippen LogP contribution in [-0.2, 0) is 31.6 Å². The van der Waals surface area contributed by atoms with Crippen molar-refractivity contribution in [2.75, 3.05) is 12.8 Å². The lowest BCUT2D eigenvalue weighted by Gasteiger charge is -2.20. The fourth-order valence-corrected chi connectivity index (χ4v) is 7.87. The lowest BCUT2D eigenvalue weighted by molar-refractivity contribution is -0.0405. The summed E-state index contributed by atoms with van der Waals surface area (Å²) in [6.45, 7) is 9.44. The van der Waals surface area contributed by atoms with Gasteiger partial charge in [0, 0.05) is 12.3 Å². The van der Waals surface area contributed by atoms with E-state index in [-0.39, 0.29) is 5.41 Å². The van der Waals surface area contributed by atoms with Gasteiger partial charge in [0.15, 0.2) is 6.23 Å². The molecule has 7 atom stereocenters. The average Bonchev–Trinajstić information content (AvgIpc) is 3.08. The summed E-state index contributed by atoms with van der Waals surface area (Å²) in [7, 11) is -15.9. The molecular formula is C23H39N2O14P3. The normalized spacial score (nSPS) is 26.4. The highest BCUT2D eigenvalue weighted by molar-refractivity contribution is 7.68. The molecule has 0 aromatic carbocycles. The minimum absolute atomic E-state index is 0.155. The molecule has 240 valence electrons. The summed E-state index contributed by atoms with van der Waals surface area (Å²) in [5.74, 6) is 0. The highest BCUT2D eigenvalue weighted by Crippen LogP contribution is 2.67. The van der Waals surface area contributed by atoms with Crippen LogP contribution in [0.3, 0.4) is 0 Å². The molecule has 1 aliphatic heterocycles. The topological polar surface area (TPSA) is 244 Å². The van der Waals surface area contributed by atoms with E-state index in [1.165, 1.54) is 6.08 Å². The van der Waals surface area contributed by atoms with Crippen LogP contribution in [0.4, 0.5) is 0 Å². The van der Waals surface area contributed by atoms with E-state index < -0.39 is 78.2 Å². The predicted octanol–water partition coefficient (Wildman–Crippen LogP) is 2.70. The first-order valence-corrected chi connectivity index (χ1v) is 17.6. The summed E-state index contributed by atoms with van der Waals surface area (Å²) in [5.41, 5.74) is 0.116. The number of phosphoric ester groups is 1. The Kier molecular flexibility index (Phi) is 12.7. The standard InChI is InChI=1S/C23H39N2O14P3/c1-15(7-6-11-23(3,4)5)16(2)9-13-36-41(32,33)39-42(34,35)38-40(30,31)14-10-17-19(27)20(28)21(37-17)25-12-8-18(26)24-22(25)29/h7-9,12,17,19-21,27-28H,6,10-11,13-14H2,1-5H3,(H,30,31)(H,32,33)(H,34,35)(H,24,26,29)/b15-7+,16-9+. The van der Waals surface area contributed by atoms with E-state index in [1.54, 1.807) is 6.92 Å². The third kappa shape index (κ3) is 11.9. The maximum absolute atomic E-state index is 12.4. The maximum atomic E-state index is 12.4. The van der Waals surface area contributed by atoms with Crippen molar-refractivity contribution < 1.29 is 56.5 Å². The van der Waals surface area contributed by atoms with Gasteiger partial charge in [-0.15, -0.1) is 0 Å². The van der Waals surface area contributed by atoms with Crippen LogP contribution < -0.4 is 11.2 Å². The monoisotopic (exact) mass is 660 g/mol. The third-order valence-electron chi connectivity index (χ3n) is 6.19. The lowest BCUT2D eigenvalue weighted by atomic mass is 9.90. The van der Waals surface area contributed by atoms with E-state index in [1.807, 2.05) is 18.0 Å². The molecule has 0 radical (unpaired) electrons. The summed E-state index contributed by atoms with van der Waals surface area (Å²) in [6, 6.07) is 0.972. The third-order valence-corrected chi connectivity index (χ3v) is 11.0. The summed E-state index contributed by atoms with van der Waals surface area (Å²) < 4.78 is 56.0. The number of nitrogens with one attached hydrogen (secondary N) is 1. The number of aromatic amines is 1. The van der Waals surface area contributed by atoms with Gasteiger partial charge >= 0.3 is 28.9 Å².